The fourth-order valence-corrected chi connectivity index (χ4v) is 1.91. The van der Waals surface area contributed by atoms with Gasteiger partial charge in [-0.15, -0.1) is 0 Å². The van der Waals surface area contributed by atoms with Gasteiger partial charge in [0.1, 0.15) is 0 Å². The van der Waals surface area contributed by atoms with Crippen LogP contribution in [-0.2, 0) is 8.37 Å². The van der Waals surface area contributed by atoms with Gasteiger partial charge in [-0.1, -0.05) is 41.5 Å². The van der Waals surface area contributed by atoms with Gasteiger partial charge in [-0.05, 0) is 56.2 Å². The summed E-state index contributed by atoms with van der Waals surface area (Å²) in [6.07, 6.45) is 0.195. The number of nitriles is 2. The number of rotatable bonds is 8. The highest BCUT2D eigenvalue weighted by Gasteiger charge is 2.01. The monoisotopic (exact) mass is 362 g/mol. The Labute approximate surface area is 152 Å². The first-order valence-electron chi connectivity index (χ1n) is 8.03. The average molecular weight is 363 g/mol. The quantitative estimate of drug-likeness (QED) is 0.398. The molecular formula is C17H34N2O2S2. The summed E-state index contributed by atoms with van der Waals surface area (Å²) >= 11 is 2.59. The molecule has 0 spiro atoms. The molecule has 0 fully saturated rings. The molecular weight excluding hydrogens is 328 g/mol. The molecule has 0 aliphatic heterocycles. The van der Waals surface area contributed by atoms with Crippen LogP contribution in [0.15, 0.2) is 0 Å². The fraction of sp³-hybridized carbons (Fsp3) is 0.882. The summed E-state index contributed by atoms with van der Waals surface area (Å²) in [6.45, 7) is 16.4. The van der Waals surface area contributed by atoms with Crippen LogP contribution in [0.3, 0.4) is 0 Å². The predicted octanol–water partition coefficient (Wildman–Crippen LogP) is 5.85. The van der Waals surface area contributed by atoms with Crippen LogP contribution in [0.2, 0.25) is 0 Å². The SMILES string of the molecule is CC(C#N)OSCCCSOC(C)C#N.CC(C)C.CC(C)C. The first kappa shape index (κ1) is 27.4. The van der Waals surface area contributed by atoms with Crippen molar-refractivity contribution in [2.45, 2.75) is 74.0 Å². The number of hydrogen-bond donors (Lipinski definition) is 0. The standard InChI is InChI=1S/C9H14N2O2S2.2C4H10/c1-8(6-10)12-14-4-3-5-15-13-9(2)7-11;2*1-4(2)3/h8-9H,3-5H2,1-2H3;2*4H,1-3H3. The van der Waals surface area contributed by atoms with Gasteiger partial charge in [-0.2, -0.15) is 10.5 Å². The van der Waals surface area contributed by atoms with Crippen LogP contribution < -0.4 is 0 Å². The third kappa shape index (κ3) is 44.9. The lowest BCUT2D eigenvalue weighted by Gasteiger charge is -2.04. The van der Waals surface area contributed by atoms with Crippen molar-refractivity contribution in [3.63, 3.8) is 0 Å². The lowest BCUT2D eigenvalue weighted by Crippen LogP contribution is -2.00. The number of nitrogens with zero attached hydrogens (tertiary/aromatic N) is 2. The Balaban J connectivity index is -0.000000413. The molecule has 0 aromatic rings. The van der Waals surface area contributed by atoms with Crippen molar-refractivity contribution in [1.82, 2.24) is 0 Å². The van der Waals surface area contributed by atoms with E-state index in [9.17, 15) is 0 Å². The molecule has 0 rings (SSSR count). The lowest BCUT2D eigenvalue weighted by molar-refractivity contribution is 0.327. The van der Waals surface area contributed by atoms with Crippen molar-refractivity contribution in [2.24, 2.45) is 11.8 Å². The van der Waals surface area contributed by atoms with Crippen molar-refractivity contribution in [2.75, 3.05) is 11.5 Å². The summed E-state index contributed by atoms with van der Waals surface area (Å²) in [5.74, 6) is 3.31. The Morgan fingerprint density at radius 2 is 0.957 bits per heavy atom. The average Bonchev–Trinajstić information content (AvgIpc) is 2.44. The van der Waals surface area contributed by atoms with Crippen LogP contribution in [0, 0.1) is 34.5 Å². The Morgan fingerprint density at radius 3 is 1.17 bits per heavy atom. The Bertz CT molecular complexity index is 277. The van der Waals surface area contributed by atoms with Gasteiger partial charge in [0, 0.05) is 11.5 Å². The van der Waals surface area contributed by atoms with Crippen LogP contribution in [0.4, 0.5) is 0 Å². The fourth-order valence-electron chi connectivity index (χ4n) is 0.520. The normalized spacial score (nSPS) is 12.2. The minimum Gasteiger partial charge on any atom is -0.297 e. The van der Waals surface area contributed by atoms with Gasteiger partial charge in [0.05, 0.1) is 12.1 Å². The number of hydrogen-bond acceptors (Lipinski definition) is 6. The highest BCUT2D eigenvalue weighted by Crippen LogP contribution is 2.13. The van der Waals surface area contributed by atoms with E-state index in [2.05, 4.69) is 41.5 Å². The zero-order chi connectivity index (χ0) is 18.7. The smallest absolute Gasteiger partial charge is 0.155 e. The first-order chi connectivity index (χ1) is 10.7. The molecule has 0 saturated heterocycles. The van der Waals surface area contributed by atoms with E-state index in [0.717, 1.165) is 29.8 Å². The molecule has 0 aromatic carbocycles. The molecule has 6 heteroatoms. The molecule has 136 valence electrons. The highest BCUT2D eigenvalue weighted by atomic mass is 32.2. The molecule has 0 N–H and O–H groups in total. The molecule has 23 heavy (non-hydrogen) atoms. The second-order valence-corrected chi connectivity index (χ2v) is 7.87. The third-order valence-electron chi connectivity index (χ3n) is 1.24. The molecule has 2 atom stereocenters. The van der Waals surface area contributed by atoms with Gasteiger partial charge in [0.25, 0.3) is 0 Å². The van der Waals surface area contributed by atoms with Crippen molar-refractivity contribution in [1.29, 1.82) is 10.5 Å². The third-order valence-corrected chi connectivity index (χ3v) is 3.00. The van der Waals surface area contributed by atoms with Crippen molar-refractivity contribution in [3.05, 3.63) is 0 Å². The summed E-state index contributed by atoms with van der Waals surface area (Å²) in [7, 11) is 0. The van der Waals surface area contributed by atoms with E-state index in [1.807, 2.05) is 12.1 Å². The van der Waals surface area contributed by atoms with Gasteiger partial charge in [-0.3, -0.25) is 8.37 Å². The summed E-state index contributed by atoms with van der Waals surface area (Å²) in [4.78, 5) is 0. The largest absolute Gasteiger partial charge is 0.297 e. The molecule has 0 aliphatic rings. The van der Waals surface area contributed by atoms with Crippen molar-refractivity contribution >= 4 is 24.1 Å². The van der Waals surface area contributed by atoms with Gasteiger partial charge in [0.15, 0.2) is 12.2 Å². The van der Waals surface area contributed by atoms with Gasteiger partial charge >= 0.3 is 0 Å². The Morgan fingerprint density at radius 1 is 0.696 bits per heavy atom. The van der Waals surface area contributed by atoms with Crippen LogP contribution in [-0.4, -0.2) is 23.7 Å². The molecule has 0 aromatic heterocycles. The molecule has 0 bridgehead atoms. The predicted molar refractivity (Wildman–Crippen MR) is 103 cm³/mol. The van der Waals surface area contributed by atoms with E-state index < -0.39 is 0 Å². The summed E-state index contributed by atoms with van der Waals surface area (Å²) < 4.78 is 10.2. The van der Waals surface area contributed by atoms with E-state index in [0.29, 0.717) is 0 Å². The van der Waals surface area contributed by atoms with Gasteiger partial charge in [0.2, 0.25) is 0 Å². The minimum absolute atomic E-state index is 0.363. The zero-order valence-electron chi connectivity index (χ0n) is 16.0. The Hall–Kier alpha value is -0.400. The molecule has 0 saturated carbocycles. The lowest BCUT2D eigenvalue weighted by atomic mass is 10.3. The molecule has 0 radical (unpaired) electrons. The van der Waals surface area contributed by atoms with E-state index in [-0.39, 0.29) is 12.2 Å². The first-order valence-corrected chi connectivity index (χ1v) is 9.85. The summed E-state index contributed by atoms with van der Waals surface area (Å²) in [5, 5.41) is 16.8. The van der Waals surface area contributed by atoms with Crippen LogP contribution in [0.1, 0.15) is 61.8 Å². The van der Waals surface area contributed by atoms with E-state index in [4.69, 9.17) is 18.9 Å². The van der Waals surface area contributed by atoms with Crippen LogP contribution in [0.5, 0.6) is 0 Å². The van der Waals surface area contributed by atoms with E-state index in [1.165, 1.54) is 24.1 Å². The van der Waals surface area contributed by atoms with Gasteiger partial charge in [-0.25, -0.2) is 0 Å². The summed E-state index contributed by atoms with van der Waals surface area (Å²) in [5.41, 5.74) is 0. The Kier molecular flexibility index (Phi) is 25.8. The maximum atomic E-state index is 8.42. The van der Waals surface area contributed by atoms with Crippen LogP contribution in [0.25, 0.3) is 0 Å². The van der Waals surface area contributed by atoms with Gasteiger partial charge < -0.3 is 0 Å². The molecule has 4 nitrogen and oxygen atoms in total. The second kappa shape index (κ2) is 21.6. The molecule has 0 heterocycles. The second-order valence-electron chi connectivity index (χ2n) is 6.20. The molecule has 2 unspecified atom stereocenters. The summed E-state index contributed by atoms with van der Waals surface area (Å²) in [6, 6.07) is 3.96. The highest BCUT2D eigenvalue weighted by molar-refractivity contribution is 7.95. The minimum atomic E-state index is -0.363. The van der Waals surface area contributed by atoms with E-state index in [1.54, 1.807) is 13.8 Å². The van der Waals surface area contributed by atoms with Crippen LogP contribution >= 0.6 is 24.1 Å². The molecule has 0 aliphatic carbocycles. The van der Waals surface area contributed by atoms with E-state index >= 15 is 0 Å². The maximum absolute atomic E-state index is 8.42. The maximum Gasteiger partial charge on any atom is 0.155 e. The van der Waals surface area contributed by atoms with Crippen molar-refractivity contribution < 1.29 is 8.37 Å². The zero-order valence-corrected chi connectivity index (χ0v) is 17.6. The molecule has 0 amide bonds. The topological polar surface area (TPSA) is 66.0 Å². The van der Waals surface area contributed by atoms with Crippen molar-refractivity contribution in [3.8, 4) is 12.1 Å².